The van der Waals surface area contributed by atoms with E-state index in [1.54, 1.807) is 48.5 Å². The van der Waals surface area contributed by atoms with E-state index in [4.69, 9.17) is 23.2 Å². The molecule has 3 fully saturated rings. The van der Waals surface area contributed by atoms with Crippen molar-refractivity contribution in [1.82, 2.24) is 25.8 Å². The Kier molecular flexibility index (Phi) is 11.9. The predicted molar refractivity (Wildman–Crippen MR) is 248 cm³/mol. The molecule has 3 aromatic carbocycles. The van der Waals surface area contributed by atoms with Gasteiger partial charge in [-0.05, 0) is 128 Å². The molecule has 0 bridgehead atoms. The maximum atomic E-state index is 16.3. The largest absolute Gasteiger partial charge is 0.352 e. The first-order chi connectivity index (χ1) is 31.5. The molecule has 5 N–H and O–H groups in total. The molecule has 1 aromatic heterocycles. The molecular weight excluding hydrogens is 884 g/mol. The van der Waals surface area contributed by atoms with Gasteiger partial charge in [0.2, 0.25) is 23.6 Å². The van der Waals surface area contributed by atoms with Gasteiger partial charge in [-0.2, -0.15) is 0 Å². The van der Waals surface area contributed by atoms with Crippen molar-refractivity contribution < 1.29 is 33.2 Å². The average Bonchev–Trinajstić information content (AvgIpc) is 3.88. The van der Waals surface area contributed by atoms with Crippen LogP contribution in [0.4, 0.5) is 15.8 Å². The lowest BCUT2D eigenvalue weighted by molar-refractivity contribution is -0.137. The number of piperidine rings is 1. The van der Waals surface area contributed by atoms with E-state index in [1.807, 2.05) is 25.1 Å². The van der Waals surface area contributed by atoms with Gasteiger partial charge in [0.1, 0.15) is 11.5 Å². The highest BCUT2D eigenvalue weighted by atomic mass is 35.5. The third-order valence-corrected chi connectivity index (χ3v) is 14.9. The number of hydrogen-bond donors (Lipinski definition) is 5. The number of hydrogen-bond acceptors (Lipinski definition) is 8. The molecule has 2 saturated heterocycles. The smallest absolute Gasteiger partial charge is 0.255 e. The van der Waals surface area contributed by atoms with E-state index in [-0.39, 0.29) is 52.7 Å². The zero-order valence-corrected chi connectivity index (χ0v) is 38.3. The summed E-state index contributed by atoms with van der Waals surface area (Å²) in [6.45, 7) is 7.03. The number of nitrogens with zero attached hydrogens (tertiary/aromatic N) is 2. The number of carbonyl (C=O) groups excluding carboxylic acids is 6. The molecule has 6 amide bonds. The van der Waals surface area contributed by atoms with Gasteiger partial charge in [-0.1, -0.05) is 66.9 Å². The molecule has 1 aliphatic carbocycles. The van der Waals surface area contributed by atoms with Gasteiger partial charge in [-0.3, -0.25) is 39.4 Å². The Bertz CT molecular complexity index is 2730. The minimum Gasteiger partial charge on any atom is -0.352 e. The Balaban J connectivity index is 0.875. The van der Waals surface area contributed by atoms with Crippen LogP contribution in [0, 0.1) is 11.2 Å². The Morgan fingerprint density at radius 1 is 0.970 bits per heavy atom. The van der Waals surface area contributed by atoms with Crippen LogP contribution in [-0.4, -0.2) is 69.5 Å². The number of anilines is 2. The minimum atomic E-state index is -1.42. The second kappa shape index (κ2) is 17.4. The molecule has 342 valence electrons. The van der Waals surface area contributed by atoms with Crippen LogP contribution < -0.4 is 26.6 Å². The number of imide groups is 1. The molecule has 4 aliphatic heterocycles. The number of rotatable bonds is 10. The SMILES string of the molecule is C/C(=C\c1cccc2c1CN(C1CCC(=O)NC1=O)C2=O)CCCNC(=O)c1ccc(NC(=O)[C@@H]2NC3(CCC(C)(C)CC3)[C@@]3(C(=O)Nc4cc(Cl)ccc43)[C@H]2c2ccnc(Cl)c2F)cc1. The van der Waals surface area contributed by atoms with Crippen LogP contribution in [0.3, 0.4) is 0 Å². The zero-order valence-electron chi connectivity index (χ0n) is 36.8. The van der Waals surface area contributed by atoms with E-state index in [1.165, 1.54) is 17.2 Å². The molecule has 2 spiro atoms. The van der Waals surface area contributed by atoms with Crippen molar-refractivity contribution in [2.24, 2.45) is 5.41 Å². The fraction of sp³-hybridized carbons (Fsp3) is 0.380. The summed E-state index contributed by atoms with van der Waals surface area (Å²) in [6, 6.07) is 16.9. The highest BCUT2D eigenvalue weighted by molar-refractivity contribution is 6.31. The van der Waals surface area contributed by atoms with Crippen LogP contribution in [0.25, 0.3) is 6.08 Å². The van der Waals surface area contributed by atoms with Crippen LogP contribution in [0.15, 0.2) is 78.5 Å². The van der Waals surface area contributed by atoms with E-state index >= 15 is 4.39 Å². The molecule has 1 saturated carbocycles. The molecule has 0 radical (unpaired) electrons. The van der Waals surface area contributed by atoms with Gasteiger partial charge in [0.15, 0.2) is 11.0 Å². The van der Waals surface area contributed by atoms with Crippen LogP contribution in [0.1, 0.15) is 121 Å². The second-order valence-corrected chi connectivity index (χ2v) is 19.8. The lowest BCUT2D eigenvalue weighted by Crippen LogP contribution is -2.61. The van der Waals surface area contributed by atoms with Crippen LogP contribution in [0.2, 0.25) is 10.2 Å². The lowest BCUT2D eigenvalue weighted by atomic mass is 9.53. The maximum Gasteiger partial charge on any atom is 0.255 e. The van der Waals surface area contributed by atoms with Crippen molar-refractivity contribution in [3.63, 3.8) is 0 Å². The lowest BCUT2D eigenvalue weighted by Gasteiger charge is -2.50. The molecular formula is C50H50Cl2FN7O6. The summed E-state index contributed by atoms with van der Waals surface area (Å²) < 4.78 is 16.3. The Labute approximate surface area is 391 Å². The first-order valence-electron chi connectivity index (χ1n) is 22.3. The predicted octanol–water partition coefficient (Wildman–Crippen LogP) is 7.83. The van der Waals surface area contributed by atoms with E-state index < -0.39 is 46.6 Å². The standard InChI is InChI=1S/C50H50Cl2FN7O6/c1-27(24-29-7-4-8-32-34(29)26-60(46(32)65)37-15-16-38(61)58-44(37)63)6-5-22-55-43(62)28-9-12-31(13-10-28)56-45(64)41-39(33-17-23-54-42(52)40(33)53)50(49(59-41)20-18-48(2,3)19-21-49)35-14-11-30(51)25-36(35)57-47(50)66/h4,7-14,17,23-25,37,39,41,59H,5-6,15-16,18-22,26H2,1-3H3,(H,55,62)(H,56,64)(H,57,66)(H,58,61,63)/b27-24+/t37?,39-,41+,50+/m0/s1. The van der Waals surface area contributed by atoms with Gasteiger partial charge in [0, 0.05) is 64.7 Å². The topological polar surface area (TPSA) is 179 Å². The quantitative estimate of drug-likeness (QED) is 0.0607. The summed E-state index contributed by atoms with van der Waals surface area (Å²) in [4.78, 5) is 85.7. The summed E-state index contributed by atoms with van der Waals surface area (Å²) in [5.74, 6) is -3.98. The fourth-order valence-corrected chi connectivity index (χ4v) is 11.3. The molecule has 1 unspecified atom stereocenters. The van der Waals surface area contributed by atoms with E-state index in [0.717, 1.165) is 29.5 Å². The van der Waals surface area contributed by atoms with E-state index in [2.05, 4.69) is 45.4 Å². The highest BCUT2D eigenvalue weighted by Gasteiger charge is 2.73. The molecule has 13 nitrogen and oxygen atoms in total. The Hall–Kier alpha value is -5.96. The third-order valence-electron chi connectivity index (χ3n) is 14.4. The van der Waals surface area contributed by atoms with Crippen LogP contribution >= 0.6 is 23.2 Å². The second-order valence-electron chi connectivity index (χ2n) is 19.0. The average molecular weight is 935 g/mol. The monoisotopic (exact) mass is 933 g/mol. The van der Waals surface area contributed by atoms with Gasteiger partial charge in [0.05, 0.1) is 6.04 Å². The van der Waals surface area contributed by atoms with Crippen molar-refractivity contribution in [3.05, 3.63) is 128 Å². The first kappa shape index (κ1) is 45.2. The Morgan fingerprint density at radius 3 is 2.47 bits per heavy atom. The van der Waals surface area contributed by atoms with Crippen LogP contribution in [-0.2, 0) is 31.1 Å². The normalized spacial score (nSPS) is 24.0. The van der Waals surface area contributed by atoms with Crippen molar-refractivity contribution >= 4 is 76.1 Å². The summed E-state index contributed by atoms with van der Waals surface area (Å²) in [7, 11) is 0. The van der Waals surface area contributed by atoms with Crippen molar-refractivity contribution in [3.8, 4) is 0 Å². The number of benzene rings is 3. The minimum absolute atomic E-state index is 0.0177. The molecule has 9 rings (SSSR count). The fourth-order valence-electron chi connectivity index (χ4n) is 11.0. The molecule has 5 aliphatic rings. The van der Waals surface area contributed by atoms with Gasteiger partial charge >= 0.3 is 0 Å². The maximum absolute atomic E-state index is 16.3. The Morgan fingerprint density at radius 2 is 1.73 bits per heavy atom. The summed E-state index contributed by atoms with van der Waals surface area (Å²) in [5, 5.41) is 15.0. The third kappa shape index (κ3) is 7.86. The van der Waals surface area contributed by atoms with Crippen molar-refractivity contribution in [1.29, 1.82) is 0 Å². The molecule has 4 aromatic rings. The van der Waals surface area contributed by atoms with Crippen molar-refractivity contribution in [2.75, 3.05) is 17.2 Å². The number of carbonyl (C=O) groups is 6. The molecule has 66 heavy (non-hydrogen) atoms. The number of pyridine rings is 1. The molecule has 16 heteroatoms. The van der Waals surface area contributed by atoms with Gasteiger partial charge in [-0.25, -0.2) is 9.37 Å². The summed E-state index contributed by atoms with van der Waals surface area (Å²) in [5.41, 5.74) is 2.97. The van der Waals surface area contributed by atoms with Gasteiger partial charge in [0.25, 0.3) is 11.8 Å². The zero-order chi connectivity index (χ0) is 46.7. The highest BCUT2D eigenvalue weighted by Crippen LogP contribution is 2.64. The number of halogens is 3. The van der Waals surface area contributed by atoms with Gasteiger partial charge < -0.3 is 20.9 Å². The van der Waals surface area contributed by atoms with Crippen molar-refractivity contribution in [2.45, 2.75) is 108 Å². The number of amides is 6. The molecule has 4 atom stereocenters. The first-order valence-corrected chi connectivity index (χ1v) is 23.1. The number of aromatic nitrogens is 1. The van der Waals surface area contributed by atoms with E-state index in [0.29, 0.717) is 71.7 Å². The van der Waals surface area contributed by atoms with E-state index in [9.17, 15) is 28.8 Å². The number of allylic oxidation sites excluding steroid dienone is 1. The van der Waals surface area contributed by atoms with Gasteiger partial charge in [-0.15, -0.1) is 0 Å². The summed E-state index contributed by atoms with van der Waals surface area (Å²) in [6.07, 6.45) is 7.80. The molecule has 5 heterocycles. The number of fused-ring (bicyclic) bond motifs is 4. The summed E-state index contributed by atoms with van der Waals surface area (Å²) >= 11 is 12.7. The van der Waals surface area contributed by atoms with Crippen LogP contribution in [0.5, 0.6) is 0 Å². The number of nitrogens with one attached hydrogen (secondary N) is 5.